The van der Waals surface area contributed by atoms with Crippen LogP contribution in [0.3, 0.4) is 0 Å². The van der Waals surface area contributed by atoms with Gasteiger partial charge in [-0.2, -0.15) is 0 Å². The fraction of sp³-hybridized carbons (Fsp3) is 0.500. The number of rotatable bonds is 6. The molecule has 0 aliphatic heterocycles. The van der Waals surface area contributed by atoms with Gasteiger partial charge in [0, 0.05) is 25.8 Å². The van der Waals surface area contributed by atoms with Gasteiger partial charge in [0.15, 0.2) is 6.79 Å². The molecule has 0 radical (unpaired) electrons. The quantitative estimate of drug-likeness (QED) is 0.756. The van der Waals surface area contributed by atoms with Gasteiger partial charge in [-0.05, 0) is 17.7 Å². The summed E-state index contributed by atoms with van der Waals surface area (Å²) in [5.74, 6) is 0.191. The zero-order valence-electron chi connectivity index (χ0n) is 9.92. The minimum absolute atomic E-state index is 0.125. The van der Waals surface area contributed by atoms with Crippen molar-refractivity contribution < 1.29 is 13.9 Å². The summed E-state index contributed by atoms with van der Waals surface area (Å²) in [6.45, 7) is 4.84. The van der Waals surface area contributed by atoms with E-state index in [4.69, 9.17) is 9.47 Å². The topological polar surface area (TPSA) is 30.5 Å². The van der Waals surface area contributed by atoms with Crippen molar-refractivity contribution in [3.63, 3.8) is 0 Å². The molecule has 1 aromatic rings. The lowest BCUT2D eigenvalue weighted by Crippen LogP contribution is -2.21. The number of benzene rings is 1. The maximum atomic E-state index is 13.2. The van der Waals surface area contributed by atoms with E-state index in [0.717, 1.165) is 5.56 Å². The van der Waals surface area contributed by atoms with E-state index in [2.05, 4.69) is 5.32 Å². The first-order valence-electron chi connectivity index (χ1n) is 5.26. The molecule has 16 heavy (non-hydrogen) atoms. The first kappa shape index (κ1) is 12.9. The number of hydrogen-bond donors (Lipinski definition) is 1. The maximum Gasteiger partial charge on any atom is 0.188 e. The second-order valence-electron chi connectivity index (χ2n) is 3.88. The van der Waals surface area contributed by atoms with Gasteiger partial charge in [-0.15, -0.1) is 0 Å². The van der Waals surface area contributed by atoms with E-state index in [1.54, 1.807) is 6.07 Å². The number of ether oxygens (including phenoxy) is 2. The predicted molar refractivity (Wildman–Crippen MR) is 60.9 cm³/mol. The van der Waals surface area contributed by atoms with Crippen LogP contribution in [0, 0.1) is 5.82 Å². The summed E-state index contributed by atoms with van der Waals surface area (Å²) in [5.41, 5.74) is 0.861. The molecule has 0 heterocycles. The summed E-state index contributed by atoms with van der Waals surface area (Å²) in [4.78, 5) is 0. The minimum Gasteiger partial charge on any atom is -0.467 e. The Hall–Kier alpha value is -1.13. The van der Waals surface area contributed by atoms with Crippen LogP contribution >= 0.6 is 0 Å². The zero-order chi connectivity index (χ0) is 12.0. The third kappa shape index (κ3) is 4.59. The molecule has 1 aromatic carbocycles. The van der Waals surface area contributed by atoms with Gasteiger partial charge in [0.1, 0.15) is 11.6 Å². The van der Waals surface area contributed by atoms with E-state index in [-0.39, 0.29) is 12.6 Å². The highest BCUT2D eigenvalue weighted by Crippen LogP contribution is 2.16. The lowest BCUT2D eigenvalue weighted by Gasteiger charge is -2.10. The van der Waals surface area contributed by atoms with E-state index in [1.165, 1.54) is 19.2 Å². The van der Waals surface area contributed by atoms with Crippen LogP contribution < -0.4 is 10.1 Å². The molecule has 1 N–H and O–H groups in total. The van der Waals surface area contributed by atoms with Gasteiger partial charge in [0.2, 0.25) is 0 Å². The number of hydrogen-bond acceptors (Lipinski definition) is 3. The van der Waals surface area contributed by atoms with Crippen molar-refractivity contribution in [1.29, 1.82) is 0 Å². The molecule has 0 aromatic heterocycles. The van der Waals surface area contributed by atoms with E-state index in [9.17, 15) is 4.39 Å². The Bertz CT molecular complexity index is 329. The molecule has 3 nitrogen and oxygen atoms in total. The molecule has 4 heteroatoms. The summed E-state index contributed by atoms with van der Waals surface area (Å²) in [7, 11) is 1.53. The second-order valence-corrected chi connectivity index (χ2v) is 3.88. The Labute approximate surface area is 95.6 Å². The summed E-state index contributed by atoms with van der Waals surface area (Å²) >= 11 is 0. The Morgan fingerprint density at radius 1 is 1.31 bits per heavy atom. The Balaban J connectivity index is 2.65. The van der Waals surface area contributed by atoms with E-state index < -0.39 is 0 Å². The molecule has 0 fully saturated rings. The van der Waals surface area contributed by atoms with Crippen LogP contribution in [-0.4, -0.2) is 19.9 Å². The summed E-state index contributed by atoms with van der Waals surface area (Å²) in [6.07, 6.45) is 0. The molecule has 0 aliphatic rings. The first-order valence-corrected chi connectivity index (χ1v) is 5.26. The number of halogens is 1. The Morgan fingerprint density at radius 2 is 2.06 bits per heavy atom. The first-order chi connectivity index (χ1) is 7.61. The smallest absolute Gasteiger partial charge is 0.188 e. The van der Waals surface area contributed by atoms with Gasteiger partial charge >= 0.3 is 0 Å². The van der Waals surface area contributed by atoms with Crippen molar-refractivity contribution in [3.8, 4) is 5.75 Å². The third-order valence-electron chi connectivity index (χ3n) is 1.99. The molecular formula is C12H18FNO2. The SMILES string of the molecule is COCOc1cc(F)cc(CNC(C)C)c1. The van der Waals surface area contributed by atoms with Crippen LogP contribution in [0.5, 0.6) is 5.75 Å². The second kappa shape index (κ2) is 6.45. The van der Waals surface area contributed by atoms with E-state index >= 15 is 0 Å². The highest BCUT2D eigenvalue weighted by molar-refractivity contribution is 5.29. The van der Waals surface area contributed by atoms with Crippen LogP contribution in [0.1, 0.15) is 19.4 Å². The summed E-state index contributed by atoms with van der Waals surface area (Å²) < 4.78 is 23.2. The fourth-order valence-electron chi connectivity index (χ4n) is 1.26. The molecule has 0 saturated carbocycles. The highest BCUT2D eigenvalue weighted by atomic mass is 19.1. The number of methoxy groups -OCH3 is 1. The minimum atomic E-state index is -0.297. The average Bonchev–Trinajstić information content (AvgIpc) is 2.23. The van der Waals surface area contributed by atoms with Crippen molar-refractivity contribution in [2.75, 3.05) is 13.9 Å². The molecule has 0 spiro atoms. The predicted octanol–water partition coefficient (Wildman–Crippen LogP) is 2.31. The lowest BCUT2D eigenvalue weighted by molar-refractivity contribution is 0.0508. The largest absolute Gasteiger partial charge is 0.467 e. The van der Waals surface area contributed by atoms with Crippen LogP contribution in [0.25, 0.3) is 0 Å². The fourth-order valence-corrected chi connectivity index (χ4v) is 1.26. The maximum absolute atomic E-state index is 13.2. The highest BCUT2D eigenvalue weighted by Gasteiger charge is 2.02. The van der Waals surface area contributed by atoms with Crippen molar-refractivity contribution >= 4 is 0 Å². The molecule has 90 valence electrons. The summed E-state index contributed by atoms with van der Waals surface area (Å²) in [6, 6.07) is 5.01. The average molecular weight is 227 g/mol. The van der Waals surface area contributed by atoms with E-state index in [0.29, 0.717) is 18.3 Å². The Morgan fingerprint density at radius 3 is 2.69 bits per heavy atom. The molecule has 1 rings (SSSR count). The monoisotopic (exact) mass is 227 g/mol. The molecule has 0 atom stereocenters. The third-order valence-corrected chi connectivity index (χ3v) is 1.99. The standard InChI is InChI=1S/C12H18FNO2/c1-9(2)14-7-10-4-11(13)6-12(5-10)16-8-15-3/h4-6,9,14H,7-8H2,1-3H3. The van der Waals surface area contributed by atoms with Crippen LogP contribution in [-0.2, 0) is 11.3 Å². The molecule has 0 aliphatic carbocycles. The van der Waals surface area contributed by atoms with Crippen molar-refractivity contribution in [3.05, 3.63) is 29.6 Å². The number of nitrogens with one attached hydrogen (secondary N) is 1. The summed E-state index contributed by atoms with van der Waals surface area (Å²) in [5, 5.41) is 3.22. The normalized spacial score (nSPS) is 10.8. The van der Waals surface area contributed by atoms with Gasteiger partial charge in [-0.3, -0.25) is 0 Å². The lowest BCUT2D eigenvalue weighted by atomic mass is 10.2. The zero-order valence-corrected chi connectivity index (χ0v) is 9.92. The molecule has 0 bridgehead atoms. The molecular weight excluding hydrogens is 209 g/mol. The van der Waals surface area contributed by atoms with Crippen LogP contribution in [0.4, 0.5) is 4.39 Å². The van der Waals surface area contributed by atoms with Crippen LogP contribution in [0.15, 0.2) is 18.2 Å². The van der Waals surface area contributed by atoms with Gasteiger partial charge in [0.25, 0.3) is 0 Å². The van der Waals surface area contributed by atoms with Crippen molar-refractivity contribution in [2.45, 2.75) is 26.4 Å². The van der Waals surface area contributed by atoms with E-state index in [1.807, 2.05) is 13.8 Å². The van der Waals surface area contributed by atoms with Gasteiger partial charge in [0.05, 0.1) is 0 Å². The van der Waals surface area contributed by atoms with Gasteiger partial charge in [-0.25, -0.2) is 4.39 Å². The van der Waals surface area contributed by atoms with Crippen LogP contribution in [0.2, 0.25) is 0 Å². The van der Waals surface area contributed by atoms with Crippen molar-refractivity contribution in [1.82, 2.24) is 5.32 Å². The van der Waals surface area contributed by atoms with Gasteiger partial charge < -0.3 is 14.8 Å². The van der Waals surface area contributed by atoms with Gasteiger partial charge in [-0.1, -0.05) is 13.8 Å². The molecule has 0 amide bonds. The Kier molecular flexibility index (Phi) is 5.22. The van der Waals surface area contributed by atoms with Crippen molar-refractivity contribution in [2.24, 2.45) is 0 Å². The molecule has 0 saturated heterocycles. The molecule has 0 unspecified atom stereocenters.